The van der Waals surface area contributed by atoms with Gasteiger partial charge in [-0.3, -0.25) is 0 Å². The maximum absolute atomic E-state index is 12.6. The Kier molecular flexibility index (Phi) is 8.67. The van der Waals surface area contributed by atoms with Crippen molar-refractivity contribution in [2.75, 3.05) is 26.2 Å². The van der Waals surface area contributed by atoms with Gasteiger partial charge < -0.3 is 14.6 Å². The number of unbranched alkanes of at least 4 members (excludes halogenated alkanes) is 6. The molecule has 1 aliphatic heterocycles. The zero-order chi connectivity index (χ0) is 14.0. The number of ether oxygens (including phenoxy) is 1. The van der Waals surface area contributed by atoms with E-state index in [1.807, 2.05) is 0 Å². The highest BCUT2D eigenvalue weighted by Crippen LogP contribution is 2.20. The predicted octanol–water partition coefficient (Wildman–Crippen LogP) is 4.25. The molecule has 1 heterocycles. The van der Waals surface area contributed by atoms with Crippen molar-refractivity contribution in [3.05, 3.63) is 5.21 Å². The molecule has 0 saturated carbocycles. The Morgan fingerprint density at radius 1 is 1.00 bits per heavy atom. The smallest absolute Gasteiger partial charge is 0.107 e. The van der Waals surface area contributed by atoms with Crippen molar-refractivity contribution >= 4 is 0 Å². The number of nitrogens with zero attached hydrogens (tertiary/aromatic N) is 1. The second-order valence-corrected chi connectivity index (χ2v) is 6.09. The first-order valence-electron chi connectivity index (χ1n) is 8.39. The van der Waals surface area contributed by atoms with Crippen LogP contribution >= 0.6 is 0 Å². The van der Waals surface area contributed by atoms with Crippen molar-refractivity contribution in [3.8, 4) is 0 Å². The molecule has 1 fully saturated rings. The van der Waals surface area contributed by atoms with Crippen molar-refractivity contribution in [3.63, 3.8) is 0 Å². The molecule has 1 rings (SSSR count). The molecule has 3 nitrogen and oxygen atoms in total. The van der Waals surface area contributed by atoms with Gasteiger partial charge in [-0.15, -0.1) is 0 Å². The first-order chi connectivity index (χ1) is 9.20. The number of rotatable bonds is 10. The topological polar surface area (TPSA) is 32.3 Å². The lowest BCUT2D eigenvalue weighted by Crippen LogP contribution is -2.54. The zero-order valence-electron chi connectivity index (χ0n) is 13.0. The van der Waals surface area contributed by atoms with E-state index in [9.17, 15) is 5.21 Å². The lowest BCUT2D eigenvalue weighted by molar-refractivity contribution is -0.892. The van der Waals surface area contributed by atoms with Crippen molar-refractivity contribution in [1.29, 1.82) is 0 Å². The van der Waals surface area contributed by atoms with Crippen LogP contribution in [0.25, 0.3) is 0 Å². The Morgan fingerprint density at radius 2 is 1.68 bits per heavy atom. The minimum atomic E-state index is 0.00214. The largest absolute Gasteiger partial charge is 0.633 e. The van der Waals surface area contributed by atoms with E-state index >= 15 is 0 Å². The van der Waals surface area contributed by atoms with E-state index in [-0.39, 0.29) is 10.8 Å². The Bertz CT molecular complexity index is 223. The van der Waals surface area contributed by atoms with E-state index in [1.165, 1.54) is 44.9 Å². The third kappa shape index (κ3) is 7.28. The molecule has 1 aliphatic rings. The van der Waals surface area contributed by atoms with Gasteiger partial charge in [-0.1, -0.05) is 52.4 Å². The average molecular weight is 271 g/mol. The van der Waals surface area contributed by atoms with E-state index in [0.717, 1.165) is 19.4 Å². The molecule has 19 heavy (non-hydrogen) atoms. The molecule has 114 valence electrons. The van der Waals surface area contributed by atoms with Gasteiger partial charge in [-0.05, 0) is 19.3 Å². The third-order valence-electron chi connectivity index (χ3n) is 4.19. The van der Waals surface area contributed by atoms with Crippen molar-refractivity contribution in [2.24, 2.45) is 0 Å². The number of morpholine rings is 1. The molecule has 2 unspecified atom stereocenters. The predicted molar refractivity (Wildman–Crippen MR) is 80.9 cm³/mol. The average Bonchev–Trinajstić information content (AvgIpc) is 2.40. The molecule has 1 saturated heterocycles. The van der Waals surface area contributed by atoms with Crippen molar-refractivity contribution < 1.29 is 9.38 Å². The Labute approximate surface area is 119 Å². The minimum Gasteiger partial charge on any atom is -0.633 e. The van der Waals surface area contributed by atoms with Gasteiger partial charge in [0.2, 0.25) is 0 Å². The minimum absolute atomic E-state index is 0.00214. The molecule has 2 atom stereocenters. The molecule has 0 amide bonds. The molecule has 0 aromatic rings. The summed E-state index contributed by atoms with van der Waals surface area (Å²) in [5, 5.41) is 12.6. The second-order valence-electron chi connectivity index (χ2n) is 6.09. The Morgan fingerprint density at radius 3 is 2.37 bits per heavy atom. The summed E-state index contributed by atoms with van der Waals surface area (Å²) in [6, 6.07) is 0. The molecule has 0 bridgehead atoms. The van der Waals surface area contributed by atoms with Crippen LogP contribution in [0.3, 0.4) is 0 Å². The van der Waals surface area contributed by atoms with Crippen LogP contribution in [-0.4, -0.2) is 37.0 Å². The maximum atomic E-state index is 12.6. The van der Waals surface area contributed by atoms with Gasteiger partial charge in [-0.2, -0.15) is 0 Å². The molecule has 0 aromatic carbocycles. The normalized spacial score (nSPS) is 27.6. The van der Waals surface area contributed by atoms with Gasteiger partial charge in [-0.25, -0.2) is 0 Å². The van der Waals surface area contributed by atoms with Crippen molar-refractivity contribution in [1.82, 2.24) is 0 Å². The molecule has 0 radical (unpaired) electrons. The standard InChI is InChI=1S/C16H33NO2/c1-3-5-7-9-11-16-15-17(18,13-14-19-16)12-10-8-6-4-2/h16H,3-15H2,1-2H3. The van der Waals surface area contributed by atoms with Gasteiger partial charge in [0, 0.05) is 0 Å². The van der Waals surface area contributed by atoms with Crippen LogP contribution in [0.15, 0.2) is 0 Å². The van der Waals surface area contributed by atoms with E-state index < -0.39 is 0 Å². The van der Waals surface area contributed by atoms with Crippen LogP contribution in [0.5, 0.6) is 0 Å². The highest BCUT2D eigenvalue weighted by Gasteiger charge is 2.27. The summed E-state index contributed by atoms with van der Waals surface area (Å²) in [5.41, 5.74) is 0. The van der Waals surface area contributed by atoms with Gasteiger partial charge >= 0.3 is 0 Å². The van der Waals surface area contributed by atoms with Crippen LogP contribution in [-0.2, 0) is 4.74 Å². The maximum Gasteiger partial charge on any atom is 0.107 e. The first kappa shape index (κ1) is 16.9. The summed E-state index contributed by atoms with van der Waals surface area (Å²) < 4.78 is 5.77. The first-order valence-corrected chi connectivity index (χ1v) is 8.39. The number of hydroxylamine groups is 3. The zero-order valence-corrected chi connectivity index (χ0v) is 13.0. The van der Waals surface area contributed by atoms with Gasteiger partial charge in [0.25, 0.3) is 0 Å². The fourth-order valence-corrected chi connectivity index (χ4v) is 2.90. The summed E-state index contributed by atoms with van der Waals surface area (Å²) in [5.74, 6) is 0. The quantitative estimate of drug-likeness (QED) is 0.338. The Hall–Kier alpha value is -0.120. The highest BCUT2D eigenvalue weighted by atomic mass is 16.6. The van der Waals surface area contributed by atoms with Crippen LogP contribution in [0.4, 0.5) is 0 Å². The highest BCUT2D eigenvalue weighted by molar-refractivity contribution is 4.64. The van der Waals surface area contributed by atoms with Crippen molar-refractivity contribution in [2.45, 2.75) is 77.7 Å². The van der Waals surface area contributed by atoms with Crippen LogP contribution in [0, 0.1) is 5.21 Å². The van der Waals surface area contributed by atoms with Crippen LogP contribution in [0.2, 0.25) is 0 Å². The molecular formula is C16H33NO2. The number of hydrogen-bond donors (Lipinski definition) is 0. The van der Waals surface area contributed by atoms with Gasteiger partial charge in [0.05, 0.1) is 13.2 Å². The number of quaternary nitrogens is 1. The van der Waals surface area contributed by atoms with Crippen LogP contribution < -0.4 is 0 Å². The molecule has 0 spiro atoms. The SMILES string of the molecule is CCCCCCC1C[N+]([O-])(CCCCCC)CCO1. The summed E-state index contributed by atoms with van der Waals surface area (Å²) in [7, 11) is 0. The van der Waals surface area contributed by atoms with Gasteiger partial charge in [0.15, 0.2) is 0 Å². The summed E-state index contributed by atoms with van der Waals surface area (Å²) in [6.07, 6.45) is 11.2. The lowest BCUT2D eigenvalue weighted by Gasteiger charge is -2.48. The molecule has 0 aliphatic carbocycles. The van der Waals surface area contributed by atoms with E-state index in [2.05, 4.69) is 13.8 Å². The van der Waals surface area contributed by atoms with Crippen LogP contribution in [0.1, 0.15) is 71.6 Å². The molecule has 3 heteroatoms. The lowest BCUT2D eigenvalue weighted by atomic mass is 10.1. The van der Waals surface area contributed by atoms with E-state index in [4.69, 9.17) is 4.74 Å². The summed E-state index contributed by atoms with van der Waals surface area (Å²) in [4.78, 5) is 0. The molecular weight excluding hydrogens is 238 g/mol. The summed E-state index contributed by atoms with van der Waals surface area (Å²) >= 11 is 0. The van der Waals surface area contributed by atoms with Gasteiger partial charge in [0.1, 0.15) is 19.2 Å². The van der Waals surface area contributed by atoms with E-state index in [1.54, 1.807) is 0 Å². The fourth-order valence-electron chi connectivity index (χ4n) is 2.90. The molecule has 0 aromatic heterocycles. The Balaban J connectivity index is 2.19. The summed E-state index contributed by atoms with van der Waals surface area (Å²) in [6.45, 7) is 7.26. The fraction of sp³-hybridized carbons (Fsp3) is 1.00. The monoisotopic (exact) mass is 271 g/mol. The number of hydrogen-bond acceptors (Lipinski definition) is 2. The second kappa shape index (κ2) is 9.73. The molecule has 0 N–H and O–H groups in total. The third-order valence-corrected chi connectivity index (χ3v) is 4.19. The van der Waals surface area contributed by atoms with E-state index in [0.29, 0.717) is 19.7 Å².